The van der Waals surface area contributed by atoms with Gasteiger partial charge in [0.05, 0.1) is 6.67 Å². The summed E-state index contributed by atoms with van der Waals surface area (Å²) in [6.45, 7) is 3.21. The minimum Gasteiger partial charge on any atom is -0.334 e. The molecular formula is C23H26N2. The summed E-state index contributed by atoms with van der Waals surface area (Å²) in [5.74, 6) is 0. The van der Waals surface area contributed by atoms with Crippen LogP contribution in [0.1, 0.15) is 24.0 Å². The minimum absolute atomic E-state index is 0.987. The average Bonchev–Trinajstić information content (AvgIpc) is 3.07. The van der Waals surface area contributed by atoms with Gasteiger partial charge in [-0.2, -0.15) is 0 Å². The molecule has 0 atom stereocenters. The van der Waals surface area contributed by atoms with E-state index in [1.807, 2.05) is 0 Å². The number of fused-ring (bicyclic) bond motifs is 1. The van der Waals surface area contributed by atoms with Crippen LogP contribution in [0, 0.1) is 0 Å². The van der Waals surface area contributed by atoms with Crippen molar-refractivity contribution in [3.05, 3.63) is 84.1 Å². The summed E-state index contributed by atoms with van der Waals surface area (Å²) in [6, 6.07) is 19.9. The van der Waals surface area contributed by atoms with E-state index in [1.165, 1.54) is 34.9 Å². The number of rotatable bonds is 6. The quantitative estimate of drug-likeness (QED) is 0.575. The molecule has 0 amide bonds. The third-order valence-corrected chi connectivity index (χ3v) is 5.15. The summed E-state index contributed by atoms with van der Waals surface area (Å²) in [7, 11) is 0. The normalized spacial score (nSPS) is 15.0. The van der Waals surface area contributed by atoms with E-state index in [-0.39, 0.29) is 0 Å². The molecule has 0 N–H and O–H groups in total. The second kappa shape index (κ2) is 7.71. The summed E-state index contributed by atoms with van der Waals surface area (Å²) in [5, 5.41) is 1.42. The Morgan fingerprint density at radius 2 is 1.76 bits per heavy atom. The largest absolute Gasteiger partial charge is 0.334 e. The molecule has 128 valence electrons. The molecule has 0 unspecified atom stereocenters. The van der Waals surface area contributed by atoms with E-state index in [0.29, 0.717) is 0 Å². The lowest BCUT2D eigenvalue weighted by atomic mass is 10.0. The van der Waals surface area contributed by atoms with Gasteiger partial charge in [-0.1, -0.05) is 54.6 Å². The van der Waals surface area contributed by atoms with Gasteiger partial charge in [0, 0.05) is 30.2 Å². The van der Waals surface area contributed by atoms with Crippen LogP contribution in [0.2, 0.25) is 0 Å². The number of nitrogens with zero attached hydrogens (tertiary/aromatic N) is 2. The maximum atomic E-state index is 2.50. The van der Waals surface area contributed by atoms with Crippen LogP contribution in [0.4, 0.5) is 0 Å². The van der Waals surface area contributed by atoms with Gasteiger partial charge in [0.25, 0.3) is 0 Å². The van der Waals surface area contributed by atoms with Crippen molar-refractivity contribution < 1.29 is 0 Å². The van der Waals surface area contributed by atoms with Crippen LogP contribution >= 0.6 is 0 Å². The molecule has 2 aromatic carbocycles. The summed E-state index contributed by atoms with van der Waals surface area (Å²) in [5.41, 5.74) is 4.28. The Morgan fingerprint density at radius 3 is 2.60 bits per heavy atom. The highest BCUT2D eigenvalue weighted by molar-refractivity contribution is 5.83. The molecule has 0 saturated heterocycles. The van der Waals surface area contributed by atoms with Crippen LogP contribution < -0.4 is 0 Å². The van der Waals surface area contributed by atoms with E-state index >= 15 is 0 Å². The maximum absolute atomic E-state index is 2.50. The lowest BCUT2D eigenvalue weighted by Gasteiger charge is -2.24. The number of hydrogen-bond acceptors (Lipinski definition) is 1. The molecule has 3 aromatic rings. The predicted molar refractivity (Wildman–Crippen MR) is 106 cm³/mol. The Balaban J connectivity index is 1.46. The predicted octanol–water partition coefficient (Wildman–Crippen LogP) is 5.04. The molecule has 0 spiro atoms. The van der Waals surface area contributed by atoms with Gasteiger partial charge in [0.15, 0.2) is 0 Å². The first-order chi connectivity index (χ1) is 12.4. The van der Waals surface area contributed by atoms with E-state index in [1.54, 1.807) is 0 Å². The van der Waals surface area contributed by atoms with Crippen molar-refractivity contribution in [2.24, 2.45) is 0 Å². The third-order valence-electron chi connectivity index (χ3n) is 5.15. The van der Waals surface area contributed by atoms with Crippen molar-refractivity contribution in [1.29, 1.82) is 0 Å². The van der Waals surface area contributed by atoms with Crippen molar-refractivity contribution >= 4 is 10.9 Å². The molecule has 0 aliphatic carbocycles. The standard InChI is InChI=1S/C23H26N2/c1-3-9-20(10-4-1)11-7-12-21-13-8-14-23-22(21)15-18-25(23)19-24-16-5-2-6-17-24/h1-5,8-10,13-15,18H,6-7,11-12,16-17,19H2. The second-order valence-electron chi connectivity index (χ2n) is 6.95. The highest BCUT2D eigenvalue weighted by atomic mass is 15.2. The SMILES string of the molecule is C1=CCN(Cn2ccc3c(CCCc4ccccc4)cccc32)CC1. The lowest BCUT2D eigenvalue weighted by molar-refractivity contribution is 0.242. The number of hydrogen-bond donors (Lipinski definition) is 0. The van der Waals surface area contributed by atoms with Gasteiger partial charge < -0.3 is 4.57 Å². The summed E-state index contributed by atoms with van der Waals surface area (Å²) < 4.78 is 2.40. The molecule has 25 heavy (non-hydrogen) atoms. The van der Waals surface area contributed by atoms with Crippen LogP contribution in [0.15, 0.2) is 72.9 Å². The Kier molecular flexibility index (Phi) is 4.98. The molecule has 2 heterocycles. The van der Waals surface area contributed by atoms with Gasteiger partial charge in [-0.15, -0.1) is 0 Å². The molecule has 0 bridgehead atoms. The van der Waals surface area contributed by atoms with E-state index in [9.17, 15) is 0 Å². The number of benzene rings is 2. The van der Waals surface area contributed by atoms with Crippen molar-refractivity contribution in [1.82, 2.24) is 9.47 Å². The van der Waals surface area contributed by atoms with E-state index < -0.39 is 0 Å². The first-order valence-electron chi connectivity index (χ1n) is 9.38. The van der Waals surface area contributed by atoms with Gasteiger partial charge in [-0.3, -0.25) is 4.90 Å². The van der Waals surface area contributed by atoms with Gasteiger partial charge >= 0.3 is 0 Å². The van der Waals surface area contributed by atoms with E-state index in [2.05, 4.69) is 82.4 Å². The molecule has 0 saturated carbocycles. The van der Waals surface area contributed by atoms with Crippen LogP contribution in [0.5, 0.6) is 0 Å². The molecule has 2 nitrogen and oxygen atoms in total. The van der Waals surface area contributed by atoms with Crippen LogP contribution in [0.3, 0.4) is 0 Å². The third kappa shape index (κ3) is 3.85. The number of aromatic nitrogens is 1. The molecule has 1 aliphatic heterocycles. The zero-order valence-corrected chi connectivity index (χ0v) is 14.8. The molecular weight excluding hydrogens is 304 g/mol. The highest BCUT2D eigenvalue weighted by Gasteiger charge is 2.10. The van der Waals surface area contributed by atoms with Crippen molar-refractivity contribution in [2.45, 2.75) is 32.4 Å². The van der Waals surface area contributed by atoms with Gasteiger partial charge in [0.2, 0.25) is 0 Å². The highest BCUT2D eigenvalue weighted by Crippen LogP contribution is 2.23. The Hall–Kier alpha value is -2.32. The topological polar surface area (TPSA) is 8.17 Å². The zero-order valence-electron chi connectivity index (χ0n) is 14.8. The smallest absolute Gasteiger partial charge is 0.0753 e. The molecule has 1 aliphatic rings. The lowest BCUT2D eigenvalue weighted by Crippen LogP contribution is -2.29. The van der Waals surface area contributed by atoms with E-state index in [4.69, 9.17) is 0 Å². The fourth-order valence-electron chi connectivity index (χ4n) is 3.79. The zero-order chi connectivity index (χ0) is 16.9. The van der Waals surface area contributed by atoms with Gasteiger partial charge in [-0.25, -0.2) is 0 Å². The van der Waals surface area contributed by atoms with Crippen molar-refractivity contribution in [2.75, 3.05) is 13.1 Å². The molecule has 2 heteroatoms. The van der Waals surface area contributed by atoms with Crippen molar-refractivity contribution in [3.63, 3.8) is 0 Å². The number of aryl methyl sites for hydroxylation is 2. The van der Waals surface area contributed by atoms with Crippen LogP contribution in [-0.4, -0.2) is 22.6 Å². The summed E-state index contributed by atoms with van der Waals surface area (Å²) >= 11 is 0. The molecule has 0 fully saturated rings. The summed E-state index contributed by atoms with van der Waals surface area (Å²) in [6.07, 6.45) is 11.5. The molecule has 4 rings (SSSR count). The Morgan fingerprint density at radius 1 is 0.840 bits per heavy atom. The first kappa shape index (κ1) is 16.2. The maximum Gasteiger partial charge on any atom is 0.0753 e. The Labute approximate surface area is 150 Å². The fourth-order valence-corrected chi connectivity index (χ4v) is 3.79. The first-order valence-corrected chi connectivity index (χ1v) is 9.38. The molecule has 0 radical (unpaired) electrons. The Bertz CT molecular complexity index is 845. The van der Waals surface area contributed by atoms with Crippen LogP contribution in [0.25, 0.3) is 10.9 Å². The van der Waals surface area contributed by atoms with Crippen molar-refractivity contribution in [3.8, 4) is 0 Å². The monoisotopic (exact) mass is 330 g/mol. The van der Waals surface area contributed by atoms with Crippen LogP contribution in [-0.2, 0) is 19.5 Å². The summed E-state index contributed by atoms with van der Waals surface area (Å²) in [4.78, 5) is 2.50. The van der Waals surface area contributed by atoms with Gasteiger partial charge in [0.1, 0.15) is 0 Å². The van der Waals surface area contributed by atoms with E-state index in [0.717, 1.165) is 32.6 Å². The average molecular weight is 330 g/mol. The fraction of sp³-hybridized carbons (Fsp3) is 0.304. The second-order valence-corrected chi connectivity index (χ2v) is 6.95. The minimum atomic E-state index is 0.987. The van der Waals surface area contributed by atoms with Gasteiger partial charge in [-0.05, 0) is 48.9 Å². The molecule has 1 aromatic heterocycles.